The van der Waals surface area contributed by atoms with Crippen LogP contribution in [0.25, 0.3) is 0 Å². The molecule has 0 saturated heterocycles. The molecule has 37 heavy (non-hydrogen) atoms. The zero-order valence-corrected chi connectivity index (χ0v) is 21.4. The number of halogens is 1. The van der Waals surface area contributed by atoms with E-state index < -0.39 is 17.8 Å². The lowest BCUT2D eigenvalue weighted by Gasteiger charge is -2.36. The highest BCUT2D eigenvalue weighted by molar-refractivity contribution is 6.30. The normalized spacial score (nSPS) is 21.2. The van der Waals surface area contributed by atoms with E-state index in [1.165, 1.54) is 0 Å². The van der Waals surface area contributed by atoms with Crippen molar-refractivity contribution < 1.29 is 19.1 Å². The lowest BCUT2D eigenvalue weighted by atomic mass is 9.69. The van der Waals surface area contributed by atoms with Crippen LogP contribution in [0.5, 0.6) is 5.75 Å². The Hall–Kier alpha value is -3.70. The summed E-state index contributed by atoms with van der Waals surface area (Å²) in [5, 5.41) is 0.550. The van der Waals surface area contributed by atoms with Crippen LogP contribution in [0.2, 0.25) is 5.02 Å². The van der Waals surface area contributed by atoms with Crippen LogP contribution in [-0.2, 0) is 14.3 Å². The number of rotatable bonds is 7. The van der Waals surface area contributed by atoms with Crippen LogP contribution in [0.15, 0.2) is 101 Å². The van der Waals surface area contributed by atoms with E-state index in [4.69, 9.17) is 26.1 Å². The maximum Gasteiger partial charge on any atom is 0.315 e. The minimum absolute atomic E-state index is 0.0153. The molecule has 1 heterocycles. The van der Waals surface area contributed by atoms with E-state index in [2.05, 4.69) is 12.1 Å². The van der Waals surface area contributed by atoms with Gasteiger partial charge in [-0.2, -0.15) is 0 Å². The number of esters is 1. The van der Waals surface area contributed by atoms with Crippen molar-refractivity contribution in [1.82, 2.24) is 0 Å². The first-order valence-corrected chi connectivity index (χ1v) is 12.9. The van der Waals surface area contributed by atoms with Gasteiger partial charge in [0.05, 0.1) is 0 Å². The van der Waals surface area contributed by atoms with Crippen molar-refractivity contribution in [3.8, 4) is 5.75 Å². The third kappa shape index (κ3) is 5.52. The fraction of sp³-hybridized carbons (Fsp3) is 0.258. The number of carbonyl (C=O) groups excluding carboxylic acids is 2. The van der Waals surface area contributed by atoms with Crippen LogP contribution >= 0.6 is 11.6 Å². The quantitative estimate of drug-likeness (QED) is 0.266. The Bertz CT molecular complexity index is 1350. The van der Waals surface area contributed by atoms with E-state index in [9.17, 15) is 9.59 Å². The number of allylic oxidation sites excluding steroid dienone is 2. The van der Waals surface area contributed by atoms with Gasteiger partial charge in [-0.1, -0.05) is 72.3 Å². The van der Waals surface area contributed by atoms with Gasteiger partial charge in [-0.05, 0) is 54.7 Å². The molecule has 2 aliphatic rings. The predicted octanol–water partition coefficient (Wildman–Crippen LogP) is 6.54. The Morgan fingerprint density at radius 2 is 1.62 bits per heavy atom. The Balaban J connectivity index is 1.41. The van der Waals surface area contributed by atoms with E-state index in [-0.39, 0.29) is 24.9 Å². The zero-order valence-electron chi connectivity index (χ0n) is 20.6. The highest BCUT2D eigenvalue weighted by Gasteiger charge is 2.44. The third-order valence-corrected chi connectivity index (χ3v) is 7.20. The van der Waals surface area contributed by atoms with Gasteiger partial charge in [-0.25, -0.2) is 0 Å². The van der Waals surface area contributed by atoms with Crippen LogP contribution in [0.1, 0.15) is 42.7 Å². The topological polar surface area (TPSA) is 65.0 Å². The summed E-state index contributed by atoms with van der Waals surface area (Å²) in [4.78, 5) is 31.9. The molecule has 0 bridgehead atoms. The van der Waals surface area contributed by atoms with Crippen LogP contribution in [0.3, 0.4) is 0 Å². The average Bonchev–Trinajstić information content (AvgIpc) is 2.91. The Labute approximate surface area is 221 Å². The van der Waals surface area contributed by atoms with Gasteiger partial charge in [-0.3, -0.25) is 14.6 Å². The van der Waals surface area contributed by atoms with Gasteiger partial charge in [0, 0.05) is 34.3 Å². The summed E-state index contributed by atoms with van der Waals surface area (Å²) in [5.74, 6) is -0.859. The van der Waals surface area contributed by atoms with Gasteiger partial charge in [-0.15, -0.1) is 0 Å². The SMILES string of the molecule is CC1=NC2=C(C(=O)C[C@@H](c3ccccc3)C2)[C@@H](c2cccc(Cl)c2)C1C(=O)OCCOc1ccccc1. The minimum Gasteiger partial charge on any atom is -0.490 e. The molecule has 0 spiro atoms. The van der Waals surface area contributed by atoms with Crippen molar-refractivity contribution >= 4 is 29.1 Å². The van der Waals surface area contributed by atoms with Crippen molar-refractivity contribution in [2.45, 2.75) is 31.6 Å². The summed E-state index contributed by atoms with van der Waals surface area (Å²) in [6.45, 7) is 2.16. The molecule has 5 nitrogen and oxygen atoms in total. The molecule has 0 N–H and O–H groups in total. The van der Waals surface area contributed by atoms with Crippen molar-refractivity contribution in [3.05, 3.63) is 112 Å². The molecule has 3 aromatic rings. The monoisotopic (exact) mass is 513 g/mol. The third-order valence-electron chi connectivity index (χ3n) is 6.96. The molecular weight excluding hydrogens is 486 g/mol. The Morgan fingerprint density at radius 1 is 0.919 bits per heavy atom. The fourth-order valence-corrected chi connectivity index (χ4v) is 5.49. The van der Waals surface area contributed by atoms with E-state index in [1.807, 2.05) is 73.7 Å². The molecule has 1 unspecified atom stereocenters. The molecule has 0 fully saturated rings. The number of benzene rings is 3. The molecule has 0 radical (unpaired) electrons. The Kier molecular flexibility index (Phi) is 7.52. The molecular formula is C31H28ClNO4. The van der Waals surface area contributed by atoms with Gasteiger partial charge in [0.1, 0.15) is 24.9 Å². The summed E-state index contributed by atoms with van der Waals surface area (Å²) in [6, 6.07) is 26.8. The van der Waals surface area contributed by atoms with Crippen molar-refractivity contribution in [2.24, 2.45) is 10.9 Å². The summed E-state index contributed by atoms with van der Waals surface area (Å²) in [7, 11) is 0. The van der Waals surface area contributed by atoms with Crippen LogP contribution in [-0.4, -0.2) is 30.7 Å². The first kappa shape index (κ1) is 25.0. The van der Waals surface area contributed by atoms with E-state index in [0.29, 0.717) is 34.9 Å². The number of aliphatic imine (C=N–C) groups is 1. The predicted molar refractivity (Wildman–Crippen MR) is 144 cm³/mol. The average molecular weight is 514 g/mol. The number of hydrogen-bond donors (Lipinski definition) is 0. The molecule has 3 atom stereocenters. The van der Waals surface area contributed by atoms with E-state index in [0.717, 1.165) is 16.8 Å². The molecule has 3 aromatic carbocycles. The summed E-state index contributed by atoms with van der Waals surface area (Å²) >= 11 is 6.34. The molecule has 0 amide bonds. The summed E-state index contributed by atoms with van der Waals surface area (Å²) in [5.41, 5.74) is 3.92. The van der Waals surface area contributed by atoms with E-state index in [1.54, 1.807) is 6.07 Å². The standard InChI is InChI=1S/C31H28ClNO4/c1-20-28(31(35)37-16-15-36-25-13-6-3-7-14-25)29(22-11-8-12-24(32)17-22)30-26(33-20)18-23(19-27(30)34)21-9-4-2-5-10-21/h2-14,17,23,28-29H,15-16,18-19H2,1H3/t23-,28?,29-/m0/s1. The molecule has 188 valence electrons. The van der Waals surface area contributed by atoms with Crippen LogP contribution in [0.4, 0.5) is 0 Å². The maximum absolute atomic E-state index is 13.6. The van der Waals surface area contributed by atoms with Crippen molar-refractivity contribution in [3.63, 3.8) is 0 Å². The zero-order chi connectivity index (χ0) is 25.8. The molecule has 1 aliphatic heterocycles. The van der Waals surface area contributed by atoms with Gasteiger partial charge in [0.25, 0.3) is 0 Å². The second kappa shape index (κ2) is 11.1. The number of Topliss-reactive ketones (excluding diaryl/α,β-unsaturated/α-hetero) is 1. The Morgan fingerprint density at radius 3 is 2.35 bits per heavy atom. The number of carbonyl (C=O) groups is 2. The van der Waals surface area contributed by atoms with Crippen LogP contribution in [0, 0.1) is 5.92 Å². The second-order valence-corrected chi connectivity index (χ2v) is 9.83. The number of nitrogens with zero attached hydrogens (tertiary/aromatic N) is 1. The highest BCUT2D eigenvalue weighted by atomic mass is 35.5. The number of para-hydroxylation sites is 1. The smallest absolute Gasteiger partial charge is 0.315 e. The lowest BCUT2D eigenvalue weighted by molar-refractivity contribution is -0.147. The second-order valence-electron chi connectivity index (χ2n) is 9.39. The largest absolute Gasteiger partial charge is 0.490 e. The van der Waals surface area contributed by atoms with Crippen molar-refractivity contribution in [2.75, 3.05) is 13.2 Å². The molecule has 5 rings (SSSR count). The van der Waals surface area contributed by atoms with Gasteiger partial charge < -0.3 is 9.47 Å². The number of ether oxygens (including phenoxy) is 2. The van der Waals surface area contributed by atoms with Gasteiger partial charge >= 0.3 is 5.97 Å². The minimum atomic E-state index is -0.717. The molecule has 1 aliphatic carbocycles. The fourth-order valence-electron chi connectivity index (χ4n) is 5.29. The van der Waals surface area contributed by atoms with Gasteiger partial charge in [0.2, 0.25) is 0 Å². The molecule has 0 aromatic heterocycles. The number of ketones is 1. The van der Waals surface area contributed by atoms with Gasteiger partial charge in [0.15, 0.2) is 5.78 Å². The highest BCUT2D eigenvalue weighted by Crippen LogP contribution is 2.47. The first-order chi connectivity index (χ1) is 18.0. The summed E-state index contributed by atoms with van der Waals surface area (Å²) in [6.07, 6.45) is 1.02. The number of hydrogen-bond acceptors (Lipinski definition) is 5. The maximum atomic E-state index is 13.6. The molecule has 0 saturated carbocycles. The summed E-state index contributed by atoms with van der Waals surface area (Å²) < 4.78 is 11.3. The van der Waals surface area contributed by atoms with E-state index >= 15 is 0 Å². The van der Waals surface area contributed by atoms with Crippen molar-refractivity contribution in [1.29, 1.82) is 0 Å². The lowest BCUT2D eigenvalue weighted by Crippen LogP contribution is -2.38. The first-order valence-electron chi connectivity index (χ1n) is 12.5. The molecule has 6 heteroatoms. The van der Waals surface area contributed by atoms with Crippen LogP contribution < -0.4 is 4.74 Å².